The highest BCUT2D eigenvalue weighted by Crippen LogP contribution is 2.42. The zero-order valence-corrected chi connectivity index (χ0v) is 16.7. The fraction of sp³-hybridized carbons (Fsp3) is 0. The van der Waals surface area contributed by atoms with Crippen LogP contribution in [0.1, 0.15) is 31.8 Å². The van der Waals surface area contributed by atoms with Gasteiger partial charge in [0.25, 0.3) is 0 Å². The lowest BCUT2D eigenvalue weighted by Gasteiger charge is -2.24. The van der Waals surface area contributed by atoms with Crippen LogP contribution in [0, 0.1) is 0 Å². The Labute approximate surface area is 182 Å². The van der Waals surface area contributed by atoms with Crippen molar-refractivity contribution in [3.8, 4) is 0 Å². The summed E-state index contributed by atoms with van der Waals surface area (Å²) in [6.07, 6.45) is 2.57. The largest absolute Gasteiger partial charge is 0.286 e. The smallest absolute Gasteiger partial charge is 0.234 e. The van der Waals surface area contributed by atoms with Crippen molar-refractivity contribution in [3.05, 3.63) is 107 Å². The van der Waals surface area contributed by atoms with Crippen molar-refractivity contribution < 1.29 is 19.2 Å². The molecule has 4 aromatic carbocycles. The summed E-state index contributed by atoms with van der Waals surface area (Å²) in [4.78, 5) is 51.2. The topological polar surface area (TPSA) is 68.3 Å². The van der Waals surface area contributed by atoms with E-state index >= 15 is 0 Å². The number of Topliss-reactive ketones (excluding diaryl/α,β-unsaturated/α-hetero) is 2. The van der Waals surface area contributed by atoms with Crippen LogP contribution in [-0.4, -0.2) is 23.1 Å². The number of hydrogen-bond donors (Lipinski definition) is 0. The number of hydrogen-bond acceptors (Lipinski definition) is 4. The van der Waals surface area contributed by atoms with E-state index < -0.39 is 23.1 Å². The summed E-state index contributed by atoms with van der Waals surface area (Å²) in [6, 6.07) is 22.2. The van der Waals surface area contributed by atoms with E-state index in [1.54, 1.807) is 12.1 Å². The molecule has 2 aliphatic carbocycles. The summed E-state index contributed by atoms with van der Waals surface area (Å²) in [5.41, 5.74) is 2.79. The van der Waals surface area contributed by atoms with Crippen LogP contribution in [0.3, 0.4) is 0 Å². The van der Waals surface area contributed by atoms with Gasteiger partial charge in [-0.15, -0.1) is 0 Å². The SMILES string of the molecule is O=C1C=C(C2=CC(=O)C(=O)c3c2ccc2ccccc32)c2ccc3ccccc3c2C1=O. The Balaban J connectivity index is 1.67. The normalized spacial score (nSPS) is 15.5. The predicted octanol–water partition coefficient (Wildman–Crippen LogP) is 4.99. The first-order valence-electron chi connectivity index (χ1n) is 10.2. The number of fused-ring (bicyclic) bond motifs is 6. The third-order valence-electron chi connectivity index (χ3n) is 6.18. The molecule has 32 heavy (non-hydrogen) atoms. The van der Waals surface area contributed by atoms with E-state index in [1.165, 1.54) is 12.2 Å². The number of carbonyl (C=O) groups excluding carboxylic acids is 4. The van der Waals surface area contributed by atoms with Crippen molar-refractivity contribution in [2.24, 2.45) is 0 Å². The van der Waals surface area contributed by atoms with Crippen LogP contribution in [0.25, 0.3) is 32.7 Å². The molecule has 0 saturated carbocycles. The molecule has 0 bridgehead atoms. The second-order valence-corrected chi connectivity index (χ2v) is 7.92. The van der Waals surface area contributed by atoms with Crippen LogP contribution >= 0.6 is 0 Å². The van der Waals surface area contributed by atoms with Crippen LogP contribution in [0.4, 0.5) is 0 Å². The van der Waals surface area contributed by atoms with Gasteiger partial charge in [-0.25, -0.2) is 0 Å². The zero-order chi connectivity index (χ0) is 22.0. The number of benzene rings is 4. The quantitative estimate of drug-likeness (QED) is 0.412. The Morgan fingerprint density at radius 1 is 0.438 bits per heavy atom. The molecule has 150 valence electrons. The van der Waals surface area contributed by atoms with Gasteiger partial charge in [0.15, 0.2) is 0 Å². The molecule has 6 rings (SSSR count). The van der Waals surface area contributed by atoms with Gasteiger partial charge in [-0.3, -0.25) is 19.2 Å². The van der Waals surface area contributed by atoms with Crippen molar-refractivity contribution in [2.45, 2.75) is 0 Å². The number of allylic oxidation sites excluding steroid dienone is 4. The molecule has 4 nitrogen and oxygen atoms in total. The molecule has 0 heterocycles. The summed E-state index contributed by atoms with van der Waals surface area (Å²) in [6.45, 7) is 0. The van der Waals surface area contributed by atoms with Gasteiger partial charge in [-0.05, 0) is 56.0 Å². The maximum Gasteiger partial charge on any atom is 0.234 e. The average Bonchev–Trinajstić information content (AvgIpc) is 2.82. The van der Waals surface area contributed by atoms with Gasteiger partial charge >= 0.3 is 0 Å². The highest BCUT2D eigenvalue weighted by atomic mass is 16.2. The van der Waals surface area contributed by atoms with Gasteiger partial charge < -0.3 is 0 Å². The number of ketones is 4. The molecule has 0 saturated heterocycles. The first-order chi connectivity index (χ1) is 15.5. The molecule has 4 aromatic rings. The second-order valence-electron chi connectivity index (χ2n) is 7.92. The van der Waals surface area contributed by atoms with Crippen LogP contribution in [0.2, 0.25) is 0 Å². The van der Waals surface area contributed by atoms with E-state index in [0.29, 0.717) is 44.2 Å². The Bertz CT molecular complexity index is 1510. The summed E-state index contributed by atoms with van der Waals surface area (Å²) < 4.78 is 0. The minimum atomic E-state index is -0.642. The Morgan fingerprint density at radius 3 is 1.28 bits per heavy atom. The van der Waals surface area contributed by atoms with Gasteiger partial charge in [0.05, 0.1) is 0 Å². The van der Waals surface area contributed by atoms with Crippen molar-refractivity contribution in [1.82, 2.24) is 0 Å². The maximum atomic E-state index is 12.9. The van der Waals surface area contributed by atoms with E-state index in [2.05, 4.69) is 0 Å². The van der Waals surface area contributed by atoms with E-state index in [9.17, 15) is 19.2 Å². The molecule has 0 aromatic heterocycles. The first-order valence-corrected chi connectivity index (χ1v) is 10.2. The van der Waals surface area contributed by atoms with Crippen molar-refractivity contribution in [1.29, 1.82) is 0 Å². The summed E-state index contributed by atoms with van der Waals surface area (Å²) in [5.74, 6) is -2.43. The maximum absolute atomic E-state index is 12.9. The third-order valence-corrected chi connectivity index (χ3v) is 6.18. The predicted molar refractivity (Wildman–Crippen MR) is 123 cm³/mol. The lowest BCUT2D eigenvalue weighted by atomic mass is 9.77. The zero-order valence-electron chi connectivity index (χ0n) is 16.7. The molecular formula is C28H14O4. The van der Waals surface area contributed by atoms with Crippen molar-refractivity contribution in [3.63, 3.8) is 0 Å². The summed E-state index contributed by atoms with van der Waals surface area (Å²) in [5, 5.41) is 3.07. The monoisotopic (exact) mass is 414 g/mol. The fourth-order valence-electron chi connectivity index (χ4n) is 4.72. The minimum Gasteiger partial charge on any atom is -0.286 e. The van der Waals surface area contributed by atoms with Crippen LogP contribution < -0.4 is 0 Å². The number of carbonyl (C=O) groups is 4. The van der Waals surface area contributed by atoms with Crippen LogP contribution in [0.5, 0.6) is 0 Å². The molecule has 0 fully saturated rings. The highest BCUT2D eigenvalue weighted by Gasteiger charge is 2.34. The lowest BCUT2D eigenvalue weighted by molar-refractivity contribution is -0.111. The standard InChI is InChI=1S/C28H14O4/c29-23-13-21(19-11-9-15-5-1-3-7-17(15)25(19)27(23)31)22-14-24(30)28(32)26-18-8-4-2-6-16(18)10-12-20(22)26/h1-14H. The van der Waals surface area contributed by atoms with Gasteiger partial charge in [0.1, 0.15) is 0 Å². The molecule has 0 N–H and O–H groups in total. The van der Waals surface area contributed by atoms with E-state index in [4.69, 9.17) is 0 Å². The van der Waals surface area contributed by atoms with Crippen molar-refractivity contribution in [2.75, 3.05) is 0 Å². The average molecular weight is 414 g/mol. The van der Waals surface area contributed by atoms with Gasteiger partial charge in [-0.2, -0.15) is 0 Å². The van der Waals surface area contributed by atoms with E-state index in [1.807, 2.05) is 60.7 Å². The molecule has 2 aliphatic rings. The van der Waals surface area contributed by atoms with Gasteiger partial charge in [0.2, 0.25) is 23.1 Å². The van der Waals surface area contributed by atoms with Gasteiger partial charge in [0, 0.05) is 11.1 Å². The second kappa shape index (κ2) is 6.53. The molecular weight excluding hydrogens is 400 g/mol. The third kappa shape index (κ3) is 2.44. The Hall–Kier alpha value is -4.44. The fourth-order valence-corrected chi connectivity index (χ4v) is 4.72. The van der Waals surface area contributed by atoms with Gasteiger partial charge in [-0.1, -0.05) is 72.8 Å². The molecule has 0 atom stereocenters. The lowest BCUT2D eigenvalue weighted by Crippen LogP contribution is -2.23. The molecule has 0 unspecified atom stereocenters. The highest BCUT2D eigenvalue weighted by molar-refractivity contribution is 6.56. The molecule has 0 spiro atoms. The van der Waals surface area contributed by atoms with Crippen LogP contribution in [0.15, 0.2) is 84.9 Å². The van der Waals surface area contributed by atoms with Crippen LogP contribution in [-0.2, 0) is 9.59 Å². The Kier molecular flexibility index (Phi) is 3.74. The first kappa shape index (κ1) is 18.3. The minimum absolute atomic E-state index is 0.332. The van der Waals surface area contributed by atoms with Crippen molar-refractivity contribution >= 4 is 55.8 Å². The molecule has 0 amide bonds. The summed E-state index contributed by atoms with van der Waals surface area (Å²) in [7, 11) is 0. The number of rotatable bonds is 1. The Morgan fingerprint density at radius 2 is 0.844 bits per heavy atom. The summed E-state index contributed by atoms with van der Waals surface area (Å²) >= 11 is 0. The van der Waals surface area contributed by atoms with E-state index in [0.717, 1.165) is 10.8 Å². The molecule has 0 aliphatic heterocycles. The molecule has 0 radical (unpaired) electrons. The molecule has 4 heteroatoms. The van der Waals surface area contributed by atoms with E-state index in [-0.39, 0.29) is 0 Å².